The van der Waals surface area contributed by atoms with Crippen molar-refractivity contribution in [2.45, 2.75) is 0 Å². The fourth-order valence-electron chi connectivity index (χ4n) is 2.49. The number of benzene rings is 3. The number of ether oxygens (including phenoxy) is 2. The maximum atomic E-state index is 12.0. The molecule has 0 unspecified atom stereocenters. The number of anilines is 1. The lowest BCUT2D eigenvalue weighted by molar-refractivity contribution is -0.118. The van der Waals surface area contributed by atoms with Crippen molar-refractivity contribution in [3.63, 3.8) is 0 Å². The van der Waals surface area contributed by atoms with E-state index in [-0.39, 0.29) is 18.4 Å². The van der Waals surface area contributed by atoms with Crippen LogP contribution in [0.4, 0.5) is 5.69 Å². The van der Waals surface area contributed by atoms with Gasteiger partial charge >= 0.3 is 0 Å². The molecule has 0 aliphatic rings. The molecule has 0 spiro atoms. The molecule has 7 heteroatoms. The summed E-state index contributed by atoms with van der Waals surface area (Å²) in [5.74, 6) is 0.710. The van der Waals surface area contributed by atoms with Gasteiger partial charge in [-0.05, 0) is 66.2 Å². The first kappa shape index (κ1) is 20.6. The minimum absolute atomic E-state index is 0.118. The summed E-state index contributed by atoms with van der Waals surface area (Å²) >= 11 is 0. The quantitative estimate of drug-likeness (QED) is 0.445. The van der Waals surface area contributed by atoms with E-state index < -0.39 is 0 Å². The van der Waals surface area contributed by atoms with Crippen molar-refractivity contribution >= 4 is 23.7 Å². The van der Waals surface area contributed by atoms with Crippen molar-refractivity contribution in [1.29, 1.82) is 0 Å². The number of carbonyl (C=O) groups excluding carboxylic acids is 2. The maximum absolute atomic E-state index is 12.0. The monoisotopic (exact) mass is 403 g/mol. The number of nitrogens with one attached hydrogen (secondary N) is 2. The van der Waals surface area contributed by atoms with Crippen LogP contribution in [0.15, 0.2) is 84.0 Å². The lowest BCUT2D eigenvalue weighted by atomic mass is 10.2. The van der Waals surface area contributed by atoms with E-state index >= 15 is 0 Å². The highest BCUT2D eigenvalue weighted by Gasteiger charge is 2.05. The maximum Gasteiger partial charge on any atom is 0.271 e. The number of hydrogen-bond acceptors (Lipinski definition) is 5. The smallest absolute Gasteiger partial charge is 0.271 e. The average Bonchev–Trinajstić information content (AvgIpc) is 2.79. The van der Waals surface area contributed by atoms with E-state index in [0.29, 0.717) is 22.7 Å². The van der Waals surface area contributed by atoms with E-state index in [1.165, 1.54) is 6.21 Å². The number of rotatable bonds is 8. The van der Waals surface area contributed by atoms with E-state index in [1.54, 1.807) is 79.9 Å². The Hall–Kier alpha value is -4.13. The molecular weight excluding hydrogens is 382 g/mol. The van der Waals surface area contributed by atoms with Crippen LogP contribution in [0.25, 0.3) is 0 Å². The zero-order valence-electron chi connectivity index (χ0n) is 16.4. The van der Waals surface area contributed by atoms with Gasteiger partial charge in [0.25, 0.3) is 11.8 Å². The number of methoxy groups -OCH3 is 1. The third kappa shape index (κ3) is 6.20. The van der Waals surface area contributed by atoms with Crippen LogP contribution in [0.5, 0.6) is 11.5 Å². The van der Waals surface area contributed by atoms with Crippen molar-refractivity contribution in [2.24, 2.45) is 5.10 Å². The van der Waals surface area contributed by atoms with Crippen molar-refractivity contribution in [3.05, 3.63) is 90.0 Å². The number of nitrogens with zero attached hydrogens (tertiary/aromatic N) is 1. The Morgan fingerprint density at radius 2 is 1.57 bits per heavy atom. The zero-order valence-corrected chi connectivity index (χ0v) is 16.4. The van der Waals surface area contributed by atoms with Gasteiger partial charge < -0.3 is 14.8 Å². The highest BCUT2D eigenvalue weighted by molar-refractivity contribution is 5.94. The Kier molecular flexibility index (Phi) is 7.16. The molecule has 0 bridgehead atoms. The molecule has 3 aromatic rings. The Morgan fingerprint density at radius 3 is 2.23 bits per heavy atom. The number of hydrogen-bond donors (Lipinski definition) is 2. The SMILES string of the molecule is COc1ccc(NC(=O)COc2ccc(/C=N/NC(=O)c3ccccc3)cc2)cc1. The Morgan fingerprint density at radius 1 is 0.900 bits per heavy atom. The average molecular weight is 403 g/mol. The molecule has 3 aromatic carbocycles. The van der Waals surface area contributed by atoms with Crippen LogP contribution < -0.4 is 20.2 Å². The van der Waals surface area contributed by atoms with Crippen LogP contribution in [0.3, 0.4) is 0 Å². The summed E-state index contributed by atoms with van der Waals surface area (Å²) in [6.07, 6.45) is 1.53. The van der Waals surface area contributed by atoms with Crippen LogP contribution in [-0.2, 0) is 4.79 Å². The molecule has 7 nitrogen and oxygen atoms in total. The molecule has 2 amide bonds. The first-order valence-electron chi connectivity index (χ1n) is 9.19. The second-order valence-corrected chi connectivity index (χ2v) is 6.20. The molecule has 2 N–H and O–H groups in total. The highest BCUT2D eigenvalue weighted by Crippen LogP contribution is 2.15. The van der Waals surface area contributed by atoms with Crippen molar-refractivity contribution < 1.29 is 19.1 Å². The molecule has 0 aliphatic heterocycles. The van der Waals surface area contributed by atoms with E-state index in [4.69, 9.17) is 9.47 Å². The van der Waals surface area contributed by atoms with E-state index in [9.17, 15) is 9.59 Å². The van der Waals surface area contributed by atoms with Gasteiger partial charge in [0.2, 0.25) is 0 Å². The lowest BCUT2D eigenvalue weighted by Crippen LogP contribution is -2.20. The summed E-state index contributed by atoms with van der Waals surface area (Å²) in [5.41, 5.74) is 4.44. The van der Waals surface area contributed by atoms with Gasteiger partial charge in [-0.2, -0.15) is 5.10 Å². The molecule has 0 radical (unpaired) electrons. The second-order valence-electron chi connectivity index (χ2n) is 6.20. The highest BCUT2D eigenvalue weighted by atomic mass is 16.5. The topological polar surface area (TPSA) is 89.0 Å². The third-order valence-electron chi connectivity index (χ3n) is 4.04. The van der Waals surface area contributed by atoms with Gasteiger partial charge in [-0.1, -0.05) is 18.2 Å². The molecule has 0 fully saturated rings. The van der Waals surface area contributed by atoms with Crippen LogP contribution in [0.1, 0.15) is 15.9 Å². The van der Waals surface area contributed by atoms with Crippen molar-refractivity contribution in [2.75, 3.05) is 19.0 Å². The molecule has 3 rings (SSSR count). The molecule has 0 aromatic heterocycles. The summed E-state index contributed by atoms with van der Waals surface area (Å²) < 4.78 is 10.6. The molecule has 0 aliphatic carbocycles. The largest absolute Gasteiger partial charge is 0.497 e. The molecular formula is C23H21N3O4. The lowest BCUT2D eigenvalue weighted by Gasteiger charge is -2.08. The summed E-state index contributed by atoms with van der Waals surface area (Å²) in [6.45, 7) is -0.118. The Balaban J connectivity index is 1.44. The molecule has 152 valence electrons. The summed E-state index contributed by atoms with van der Waals surface area (Å²) in [4.78, 5) is 23.9. The van der Waals surface area contributed by atoms with Gasteiger partial charge in [0.15, 0.2) is 6.61 Å². The van der Waals surface area contributed by atoms with Gasteiger partial charge in [0.05, 0.1) is 13.3 Å². The van der Waals surface area contributed by atoms with Gasteiger partial charge in [-0.3, -0.25) is 9.59 Å². The third-order valence-corrected chi connectivity index (χ3v) is 4.04. The summed E-state index contributed by atoms with van der Waals surface area (Å²) in [5, 5.41) is 6.69. The van der Waals surface area contributed by atoms with E-state index in [1.807, 2.05) is 6.07 Å². The first-order chi connectivity index (χ1) is 14.6. The van der Waals surface area contributed by atoms with Gasteiger partial charge in [-0.25, -0.2) is 5.43 Å². The molecule has 0 atom stereocenters. The zero-order chi connectivity index (χ0) is 21.2. The fraction of sp³-hybridized carbons (Fsp3) is 0.0870. The normalized spacial score (nSPS) is 10.4. The predicted octanol–water partition coefficient (Wildman–Crippen LogP) is 3.48. The minimum atomic E-state index is -0.283. The van der Waals surface area contributed by atoms with Gasteiger partial charge in [-0.15, -0.1) is 0 Å². The second kappa shape index (κ2) is 10.4. The van der Waals surface area contributed by atoms with Gasteiger partial charge in [0, 0.05) is 11.3 Å². The van der Waals surface area contributed by atoms with Crippen LogP contribution in [0.2, 0.25) is 0 Å². The number of amides is 2. The predicted molar refractivity (Wildman–Crippen MR) is 115 cm³/mol. The Bertz CT molecular complexity index is 1000. The fourth-order valence-corrected chi connectivity index (χ4v) is 2.49. The Labute approximate surface area is 174 Å². The standard InChI is InChI=1S/C23H21N3O4/c1-29-20-13-9-19(10-14-20)25-22(27)16-30-21-11-7-17(8-12-21)15-24-26-23(28)18-5-3-2-4-6-18/h2-15H,16H2,1H3,(H,25,27)(H,26,28)/b24-15+. The van der Waals surface area contributed by atoms with Crippen LogP contribution in [-0.4, -0.2) is 31.7 Å². The molecule has 30 heavy (non-hydrogen) atoms. The minimum Gasteiger partial charge on any atom is -0.497 e. The summed E-state index contributed by atoms with van der Waals surface area (Å²) in [7, 11) is 1.58. The van der Waals surface area contributed by atoms with E-state index in [0.717, 1.165) is 5.56 Å². The molecule has 0 saturated heterocycles. The van der Waals surface area contributed by atoms with Crippen molar-refractivity contribution in [3.8, 4) is 11.5 Å². The molecule has 0 heterocycles. The van der Waals surface area contributed by atoms with E-state index in [2.05, 4.69) is 15.8 Å². The number of carbonyl (C=O) groups is 2. The van der Waals surface area contributed by atoms with Crippen LogP contribution in [0, 0.1) is 0 Å². The van der Waals surface area contributed by atoms with Crippen LogP contribution >= 0.6 is 0 Å². The summed E-state index contributed by atoms with van der Waals surface area (Å²) in [6, 6.07) is 22.9. The first-order valence-corrected chi connectivity index (χ1v) is 9.19. The van der Waals surface area contributed by atoms with Gasteiger partial charge in [0.1, 0.15) is 11.5 Å². The molecule has 0 saturated carbocycles. The number of hydrazone groups is 1. The van der Waals surface area contributed by atoms with Crippen molar-refractivity contribution in [1.82, 2.24) is 5.43 Å².